The highest BCUT2D eigenvalue weighted by atomic mass is 19.4. The number of piperidine rings is 1. The van der Waals surface area contributed by atoms with Crippen LogP contribution in [-0.2, 0) is 0 Å². The molecule has 3 atom stereocenters. The third-order valence-electron chi connectivity index (χ3n) is 7.19. The molecule has 0 bridgehead atoms. The summed E-state index contributed by atoms with van der Waals surface area (Å²) in [6.45, 7) is 1.91. The zero-order chi connectivity index (χ0) is 26.5. The molecule has 38 heavy (non-hydrogen) atoms. The molecule has 0 amide bonds. The van der Waals surface area contributed by atoms with Gasteiger partial charge in [-0.15, -0.1) is 13.2 Å². The Morgan fingerprint density at radius 1 is 0.974 bits per heavy atom. The molecule has 2 heterocycles. The lowest BCUT2D eigenvalue weighted by atomic mass is 9.89. The molecule has 5 rings (SSSR count). The van der Waals surface area contributed by atoms with E-state index in [4.69, 9.17) is 9.68 Å². The predicted octanol–water partition coefficient (Wildman–Crippen LogP) is 6.09. The molecule has 10 heteroatoms. The van der Waals surface area contributed by atoms with Gasteiger partial charge in [-0.3, -0.25) is 0 Å². The maximum Gasteiger partial charge on any atom is 0.573 e. The summed E-state index contributed by atoms with van der Waals surface area (Å²) >= 11 is 0. The largest absolute Gasteiger partial charge is 0.573 e. The molecule has 3 aromatic rings. The minimum atomic E-state index is -4.73. The molecule has 0 radical (unpaired) electrons. The van der Waals surface area contributed by atoms with Crippen molar-refractivity contribution in [2.24, 2.45) is 0 Å². The molecular formula is C28H30F3N5O2. The third-order valence-corrected chi connectivity index (χ3v) is 7.19. The summed E-state index contributed by atoms with van der Waals surface area (Å²) in [6.07, 6.45) is 3.37. The van der Waals surface area contributed by atoms with Crippen LogP contribution in [0.1, 0.15) is 44.1 Å². The molecule has 1 aliphatic heterocycles. The first-order valence-corrected chi connectivity index (χ1v) is 13.0. The summed E-state index contributed by atoms with van der Waals surface area (Å²) in [5.74, 6) is 0.187. The second kappa shape index (κ2) is 11.4. The average Bonchev–Trinajstić information content (AvgIpc) is 3.38. The van der Waals surface area contributed by atoms with Crippen LogP contribution < -0.4 is 20.3 Å². The van der Waals surface area contributed by atoms with Crippen LogP contribution >= 0.6 is 0 Å². The van der Waals surface area contributed by atoms with Crippen molar-refractivity contribution in [3.05, 3.63) is 60.3 Å². The number of anilines is 2. The van der Waals surface area contributed by atoms with E-state index in [0.717, 1.165) is 57.3 Å². The molecule has 2 aliphatic rings. The SMILES string of the molecule is N#Cc1ccc(N2CCCC(N[C@@H]3CCCC[C@H]3Nc3ncc(-c4ccc(OC(F)(F)F)cc4)o3)C2)cc1. The Kier molecular flexibility index (Phi) is 7.74. The van der Waals surface area contributed by atoms with Crippen molar-refractivity contribution in [3.63, 3.8) is 0 Å². The number of ether oxygens (including phenoxy) is 1. The molecule has 1 saturated carbocycles. The average molecular weight is 526 g/mol. The van der Waals surface area contributed by atoms with Crippen molar-refractivity contribution < 1.29 is 22.3 Å². The lowest BCUT2D eigenvalue weighted by Crippen LogP contribution is -2.54. The fraction of sp³-hybridized carbons (Fsp3) is 0.429. The second-order valence-electron chi connectivity index (χ2n) is 9.85. The molecule has 1 unspecified atom stereocenters. The summed E-state index contributed by atoms with van der Waals surface area (Å²) in [5, 5.41) is 16.4. The van der Waals surface area contributed by atoms with Crippen LogP contribution in [0.5, 0.6) is 5.75 Å². The number of aromatic nitrogens is 1. The molecule has 7 nitrogen and oxygen atoms in total. The fourth-order valence-electron chi connectivity index (χ4n) is 5.35. The van der Waals surface area contributed by atoms with E-state index in [0.29, 0.717) is 28.9 Å². The fourth-order valence-corrected chi connectivity index (χ4v) is 5.35. The first kappa shape index (κ1) is 25.9. The van der Waals surface area contributed by atoms with Gasteiger partial charge in [0.05, 0.1) is 17.8 Å². The van der Waals surface area contributed by atoms with Gasteiger partial charge in [0.25, 0.3) is 6.01 Å². The number of nitriles is 1. The number of halogens is 3. The summed E-state index contributed by atoms with van der Waals surface area (Å²) in [6, 6.07) is 16.6. The Labute approximate surface area is 219 Å². The molecule has 1 aliphatic carbocycles. The number of hydrogen-bond donors (Lipinski definition) is 2. The van der Waals surface area contributed by atoms with E-state index < -0.39 is 6.36 Å². The second-order valence-corrected chi connectivity index (χ2v) is 9.85. The zero-order valence-corrected chi connectivity index (χ0v) is 20.9. The topological polar surface area (TPSA) is 86.4 Å². The van der Waals surface area contributed by atoms with Crippen LogP contribution in [0.15, 0.2) is 59.1 Å². The van der Waals surface area contributed by atoms with Crippen molar-refractivity contribution in [3.8, 4) is 23.1 Å². The van der Waals surface area contributed by atoms with E-state index in [-0.39, 0.29) is 17.8 Å². The highest BCUT2D eigenvalue weighted by Crippen LogP contribution is 2.30. The van der Waals surface area contributed by atoms with Crippen molar-refractivity contribution in [1.82, 2.24) is 10.3 Å². The van der Waals surface area contributed by atoms with Gasteiger partial charge >= 0.3 is 6.36 Å². The molecule has 2 fully saturated rings. The number of benzene rings is 2. The van der Waals surface area contributed by atoms with Gasteiger partial charge in [0.15, 0.2) is 5.76 Å². The Morgan fingerprint density at radius 3 is 2.42 bits per heavy atom. The summed E-state index contributed by atoms with van der Waals surface area (Å²) in [5.41, 5.74) is 2.42. The van der Waals surface area contributed by atoms with Gasteiger partial charge in [-0.2, -0.15) is 5.26 Å². The predicted molar refractivity (Wildman–Crippen MR) is 138 cm³/mol. The highest BCUT2D eigenvalue weighted by molar-refractivity contribution is 5.58. The zero-order valence-electron chi connectivity index (χ0n) is 20.9. The smallest absolute Gasteiger partial charge is 0.424 e. The summed E-state index contributed by atoms with van der Waals surface area (Å²) in [7, 11) is 0. The Hall–Kier alpha value is -3.71. The maximum absolute atomic E-state index is 12.4. The normalized spacial score (nSPS) is 22.1. The van der Waals surface area contributed by atoms with Crippen LogP contribution in [0.25, 0.3) is 11.3 Å². The first-order valence-electron chi connectivity index (χ1n) is 13.0. The van der Waals surface area contributed by atoms with Gasteiger partial charge in [-0.1, -0.05) is 12.8 Å². The van der Waals surface area contributed by atoms with Crippen LogP contribution in [0, 0.1) is 11.3 Å². The molecular weight excluding hydrogens is 495 g/mol. The van der Waals surface area contributed by atoms with Crippen molar-refractivity contribution in [2.45, 2.75) is 63.0 Å². The molecule has 200 valence electrons. The number of rotatable bonds is 7. The van der Waals surface area contributed by atoms with E-state index in [2.05, 4.69) is 31.3 Å². The molecule has 1 saturated heterocycles. The van der Waals surface area contributed by atoms with Gasteiger partial charge in [-0.25, -0.2) is 4.98 Å². The lowest BCUT2D eigenvalue weighted by molar-refractivity contribution is -0.274. The lowest BCUT2D eigenvalue weighted by Gasteiger charge is -2.40. The maximum atomic E-state index is 12.4. The van der Waals surface area contributed by atoms with E-state index in [9.17, 15) is 13.2 Å². The standard InChI is InChI=1S/C28H30F3N5O2/c29-28(30,31)38-23-13-9-20(10-14-23)26-17-33-27(37-26)35-25-6-2-1-5-24(25)34-21-4-3-15-36(18-21)22-11-7-19(16-32)8-12-22/h7-14,17,21,24-25,34H,1-6,15,18H2,(H,33,35)/t21?,24-,25-/m1/s1. The summed E-state index contributed by atoms with van der Waals surface area (Å²) in [4.78, 5) is 6.74. The third kappa shape index (κ3) is 6.58. The van der Waals surface area contributed by atoms with E-state index in [1.54, 1.807) is 6.20 Å². The van der Waals surface area contributed by atoms with Crippen molar-refractivity contribution >= 4 is 11.7 Å². The van der Waals surface area contributed by atoms with Crippen LogP contribution in [0.2, 0.25) is 0 Å². The van der Waals surface area contributed by atoms with Crippen LogP contribution in [0.4, 0.5) is 24.9 Å². The number of nitrogens with zero attached hydrogens (tertiary/aromatic N) is 3. The van der Waals surface area contributed by atoms with Crippen molar-refractivity contribution in [2.75, 3.05) is 23.3 Å². The van der Waals surface area contributed by atoms with E-state index >= 15 is 0 Å². The quantitative estimate of drug-likeness (QED) is 0.386. The number of hydrogen-bond acceptors (Lipinski definition) is 7. The van der Waals surface area contributed by atoms with Crippen molar-refractivity contribution in [1.29, 1.82) is 5.26 Å². The minimum Gasteiger partial charge on any atom is -0.424 e. The molecule has 2 N–H and O–H groups in total. The van der Waals surface area contributed by atoms with Crippen LogP contribution in [0.3, 0.4) is 0 Å². The monoisotopic (exact) mass is 525 g/mol. The Balaban J connectivity index is 1.19. The van der Waals surface area contributed by atoms with Gasteiger partial charge < -0.3 is 24.7 Å². The van der Waals surface area contributed by atoms with Gasteiger partial charge in [0.1, 0.15) is 5.75 Å². The van der Waals surface area contributed by atoms with E-state index in [1.807, 2.05) is 24.3 Å². The number of alkyl halides is 3. The highest BCUT2D eigenvalue weighted by Gasteiger charge is 2.32. The summed E-state index contributed by atoms with van der Waals surface area (Å²) < 4.78 is 47.1. The number of nitrogens with one attached hydrogen (secondary N) is 2. The number of oxazole rings is 1. The Bertz CT molecular complexity index is 1240. The molecule has 0 spiro atoms. The van der Waals surface area contributed by atoms with Gasteiger partial charge in [0.2, 0.25) is 0 Å². The first-order chi connectivity index (χ1) is 18.4. The van der Waals surface area contributed by atoms with E-state index in [1.165, 1.54) is 24.3 Å². The van der Waals surface area contributed by atoms with Crippen LogP contribution in [-0.4, -0.2) is 42.6 Å². The molecule has 1 aromatic heterocycles. The molecule has 2 aromatic carbocycles. The Morgan fingerprint density at radius 2 is 1.71 bits per heavy atom. The van der Waals surface area contributed by atoms with Gasteiger partial charge in [-0.05, 0) is 74.2 Å². The van der Waals surface area contributed by atoms with Gasteiger partial charge in [0, 0.05) is 42.5 Å². The minimum absolute atomic E-state index is 0.156.